The molecular formula is C11H11BrN2O2. The molecule has 1 aromatic heterocycles. The van der Waals surface area contributed by atoms with Crippen LogP contribution in [0.5, 0.6) is 11.5 Å². The summed E-state index contributed by atoms with van der Waals surface area (Å²) in [7, 11) is 1.90. The maximum absolute atomic E-state index is 9.26. The summed E-state index contributed by atoms with van der Waals surface area (Å²) in [4.78, 5) is 4.18. The largest absolute Gasteiger partial charge is 0.508 e. The minimum absolute atomic E-state index is 0.193. The van der Waals surface area contributed by atoms with E-state index in [1.807, 2.05) is 11.6 Å². The van der Waals surface area contributed by atoms with Gasteiger partial charge in [0.25, 0.3) is 0 Å². The highest BCUT2D eigenvalue weighted by atomic mass is 79.9. The number of aromatic nitrogens is 2. The summed E-state index contributed by atoms with van der Waals surface area (Å²) in [5.41, 5.74) is 0. The van der Waals surface area contributed by atoms with Gasteiger partial charge in [0.15, 0.2) is 0 Å². The van der Waals surface area contributed by atoms with E-state index >= 15 is 0 Å². The molecule has 0 saturated heterocycles. The minimum atomic E-state index is 0.193. The summed E-state index contributed by atoms with van der Waals surface area (Å²) in [6.07, 6.45) is 1.72. The highest BCUT2D eigenvalue weighted by Crippen LogP contribution is 2.19. The molecule has 0 unspecified atom stereocenters. The van der Waals surface area contributed by atoms with Crippen LogP contribution in [0.3, 0.4) is 0 Å². The number of benzene rings is 1. The first-order valence-corrected chi connectivity index (χ1v) is 5.54. The van der Waals surface area contributed by atoms with Gasteiger partial charge in [-0.3, -0.25) is 0 Å². The van der Waals surface area contributed by atoms with Crippen molar-refractivity contribution >= 4 is 15.9 Å². The molecule has 84 valence electrons. The number of hydrogen-bond acceptors (Lipinski definition) is 3. The minimum Gasteiger partial charge on any atom is -0.508 e. The van der Waals surface area contributed by atoms with Crippen LogP contribution in [-0.4, -0.2) is 14.7 Å². The number of halogens is 1. The van der Waals surface area contributed by atoms with Gasteiger partial charge < -0.3 is 14.4 Å². The molecule has 0 atom stereocenters. The molecule has 1 N–H and O–H groups in total. The standard InChI is InChI=1S/C11H11BrN2O2/c1-14-10(12)6-13-11(14)7-16-9-4-2-3-8(15)5-9/h2-6,15H,7H2,1H3. The van der Waals surface area contributed by atoms with Crippen LogP contribution >= 0.6 is 15.9 Å². The van der Waals surface area contributed by atoms with Gasteiger partial charge in [-0.1, -0.05) is 6.07 Å². The molecule has 5 heteroatoms. The molecule has 0 bridgehead atoms. The molecule has 0 spiro atoms. The number of aromatic hydroxyl groups is 1. The maximum Gasteiger partial charge on any atom is 0.147 e. The zero-order valence-electron chi connectivity index (χ0n) is 8.72. The number of ether oxygens (including phenoxy) is 1. The molecule has 0 fully saturated rings. The zero-order valence-corrected chi connectivity index (χ0v) is 10.3. The van der Waals surface area contributed by atoms with Crippen LogP contribution in [0.4, 0.5) is 0 Å². The van der Waals surface area contributed by atoms with Crippen molar-refractivity contribution in [3.05, 3.63) is 40.9 Å². The Labute approximate surface area is 102 Å². The average Bonchev–Trinajstić information content (AvgIpc) is 2.57. The van der Waals surface area contributed by atoms with Crippen molar-refractivity contribution in [2.75, 3.05) is 0 Å². The van der Waals surface area contributed by atoms with Crippen molar-refractivity contribution in [2.45, 2.75) is 6.61 Å². The Kier molecular flexibility index (Phi) is 3.14. The van der Waals surface area contributed by atoms with Crippen LogP contribution in [0.25, 0.3) is 0 Å². The number of rotatable bonds is 3. The van der Waals surface area contributed by atoms with E-state index in [-0.39, 0.29) is 5.75 Å². The van der Waals surface area contributed by atoms with Crippen molar-refractivity contribution < 1.29 is 9.84 Å². The van der Waals surface area contributed by atoms with Gasteiger partial charge in [0, 0.05) is 13.1 Å². The number of nitrogens with zero attached hydrogens (tertiary/aromatic N) is 2. The van der Waals surface area contributed by atoms with Crippen molar-refractivity contribution in [1.82, 2.24) is 9.55 Å². The molecule has 0 aliphatic rings. The van der Waals surface area contributed by atoms with Crippen LogP contribution in [0.2, 0.25) is 0 Å². The van der Waals surface area contributed by atoms with E-state index in [0.29, 0.717) is 12.4 Å². The van der Waals surface area contributed by atoms with Crippen LogP contribution in [-0.2, 0) is 13.7 Å². The van der Waals surface area contributed by atoms with E-state index in [1.165, 1.54) is 0 Å². The molecule has 1 heterocycles. The van der Waals surface area contributed by atoms with Gasteiger partial charge in [-0.05, 0) is 28.1 Å². The molecule has 0 amide bonds. The third-order valence-corrected chi connectivity index (χ3v) is 2.95. The van der Waals surface area contributed by atoms with E-state index < -0.39 is 0 Å². The Bertz CT molecular complexity index is 496. The van der Waals surface area contributed by atoms with Crippen molar-refractivity contribution in [3.8, 4) is 11.5 Å². The summed E-state index contributed by atoms with van der Waals surface area (Å²) in [5.74, 6) is 1.63. The van der Waals surface area contributed by atoms with Crippen LogP contribution in [0.15, 0.2) is 35.1 Å². The third kappa shape index (κ3) is 2.36. The van der Waals surface area contributed by atoms with Gasteiger partial charge >= 0.3 is 0 Å². The first-order valence-electron chi connectivity index (χ1n) is 4.75. The fraction of sp³-hybridized carbons (Fsp3) is 0.182. The van der Waals surface area contributed by atoms with E-state index in [9.17, 15) is 5.11 Å². The highest BCUT2D eigenvalue weighted by molar-refractivity contribution is 9.10. The van der Waals surface area contributed by atoms with Gasteiger partial charge in [-0.2, -0.15) is 0 Å². The molecule has 0 aliphatic carbocycles. The Hall–Kier alpha value is -1.49. The van der Waals surface area contributed by atoms with Gasteiger partial charge in [-0.25, -0.2) is 4.98 Å². The Morgan fingerprint density at radius 3 is 2.94 bits per heavy atom. The second-order valence-electron chi connectivity index (χ2n) is 3.34. The molecule has 1 aromatic carbocycles. The maximum atomic E-state index is 9.26. The van der Waals surface area contributed by atoms with Crippen molar-refractivity contribution in [2.24, 2.45) is 7.05 Å². The smallest absolute Gasteiger partial charge is 0.147 e. The lowest BCUT2D eigenvalue weighted by Crippen LogP contribution is -2.03. The average molecular weight is 283 g/mol. The number of phenols is 1. The fourth-order valence-electron chi connectivity index (χ4n) is 1.28. The summed E-state index contributed by atoms with van der Waals surface area (Å²) in [5, 5.41) is 9.26. The van der Waals surface area contributed by atoms with E-state index in [4.69, 9.17) is 4.74 Å². The summed E-state index contributed by atoms with van der Waals surface area (Å²) < 4.78 is 8.30. The second kappa shape index (κ2) is 4.57. The van der Waals surface area contributed by atoms with E-state index in [0.717, 1.165) is 10.4 Å². The topological polar surface area (TPSA) is 47.3 Å². The summed E-state index contributed by atoms with van der Waals surface area (Å²) >= 11 is 3.36. The molecule has 0 saturated carbocycles. The van der Waals surface area contributed by atoms with Crippen LogP contribution < -0.4 is 4.74 Å². The predicted octanol–water partition coefficient (Wildman–Crippen LogP) is 2.47. The third-order valence-electron chi connectivity index (χ3n) is 2.21. The number of hydrogen-bond donors (Lipinski definition) is 1. The zero-order chi connectivity index (χ0) is 11.5. The molecule has 16 heavy (non-hydrogen) atoms. The normalized spacial score (nSPS) is 10.4. The van der Waals surface area contributed by atoms with Gasteiger partial charge in [0.05, 0.1) is 6.20 Å². The van der Waals surface area contributed by atoms with Crippen molar-refractivity contribution in [1.29, 1.82) is 0 Å². The van der Waals surface area contributed by atoms with Gasteiger partial charge in [0.1, 0.15) is 28.5 Å². The quantitative estimate of drug-likeness (QED) is 0.941. The molecule has 0 radical (unpaired) electrons. The first-order chi connectivity index (χ1) is 7.66. The molecule has 4 nitrogen and oxygen atoms in total. The molecule has 0 aliphatic heterocycles. The molecular weight excluding hydrogens is 272 g/mol. The molecule has 2 rings (SSSR count). The van der Waals surface area contributed by atoms with Gasteiger partial charge in [0.2, 0.25) is 0 Å². The molecule has 2 aromatic rings. The van der Waals surface area contributed by atoms with Crippen LogP contribution in [0, 0.1) is 0 Å². The SMILES string of the molecule is Cn1c(Br)cnc1COc1cccc(O)c1. The summed E-state index contributed by atoms with van der Waals surface area (Å²) in [6, 6.07) is 6.69. The number of imidazole rings is 1. The Morgan fingerprint density at radius 2 is 2.31 bits per heavy atom. The fourth-order valence-corrected chi connectivity index (χ4v) is 1.59. The number of phenolic OH excluding ortho intramolecular Hbond substituents is 1. The van der Waals surface area contributed by atoms with E-state index in [1.54, 1.807) is 30.5 Å². The summed E-state index contributed by atoms with van der Waals surface area (Å²) in [6.45, 7) is 0.367. The predicted molar refractivity (Wildman–Crippen MR) is 63.3 cm³/mol. The monoisotopic (exact) mass is 282 g/mol. The van der Waals surface area contributed by atoms with Crippen molar-refractivity contribution in [3.63, 3.8) is 0 Å². The lowest BCUT2D eigenvalue weighted by atomic mass is 10.3. The lowest BCUT2D eigenvalue weighted by Gasteiger charge is -2.06. The van der Waals surface area contributed by atoms with E-state index in [2.05, 4.69) is 20.9 Å². The Balaban J connectivity index is 2.05. The lowest BCUT2D eigenvalue weighted by molar-refractivity contribution is 0.290. The highest BCUT2D eigenvalue weighted by Gasteiger charge is 2.04. The van der Waals surface area contributed by atoms with Gasteiger partial charge in [-0.15, -0.1) is 0 Å². The Morgan fingerprint density at radius 1 is 1.50 bits per heavy atom. The second-order valence-corrected chi connectivity index (χ2v) is 4.15. The first kappa shape index (κ1) is 11.0. The van der Waals surface area contributed by atoms with Crippen LogP contribution in [0.1, 0.15) is 5.82 Å².